The Morgan fingerprint density at radius 3 is 2.43 bits per heavy atom. The topological polar surface area (TPSA) is 65.1 Å². The summed E-state index contributed by atoms with van der Waals surface area (Å²) in [7, 11) is -3.65. The molecular formula is C15H13BrN2O2S. The molecule has 0 radical (unpaired) electrons. The molecule has 21 heavy (non-hydrogen) atoms. The van der Waals surface area contributed by atoms with Crippen LogP contribution in [0.5, 0.6) is 0 Å². The number of nitrogens with two attached hydrogens (primary N) is 1. The quantitative estimate of drug-likeness (QED) is 0.707. The summed E-state index contributed by atoms with van der Waals surface area (Å²) in [5.41, 5.74) is 7.91. The van der Waals surface area contributed by atoms with E-state index in [-0.39, 0.29) is 4.90 Å². The standard InChI is InChI=1S/C15H13BrN2O2S/c1-10-2-4-13(5-3-10)21(19,20)18-7-6-11-8-12(16)9-14(17)15(11)18/h2-9H,17H2,1H3. The van der Waals surface area contributed by atoms with Crippen LogP contribution in [0, 0.1) is 6.92 Å². The summed E-state index contributed by atoms with van der Waals surface area (Å²) in [4.78, 5) is 0.243. The number of aryl methyl sites for hydroxylation is 1. The summed E-state index contributed by atoms with van der Waals surface area (Å²) >= 11 is 3.36. The Balaban J connectivity index is 2.27. The van der Waals surface area contributed by atoms with Crippen molar-refractivity contribution >= 4 is 42.5 Å². The van der Waals surface area contributed by atoms with Gasteiger partial charge in [0.25, 0.3) is 10.0 Å². The molecule has 0 spiro atoms. The molecular weight excluding hydrogens is 352 g/mol. The van der Waals surface area contributed by atoms with Crippen molar-refractivity contribution in [3.05, 3.63) is 58.7 Å². The number of nitrogens with zero attached hydrogens (tertiary/aromatic N) is 1. The van der Waals surface area contributed by atoms with Crippen LogP contribution in [0.4, 0.5) is 5.69 Å². The predicted octanol–water partition coefficient (Wildman–Crippen LogP) is 3.53. The molecule has 0 aliphatic heterocycles. The van der Waals surface area contributed by atoms with E-state index in [9.17, 15) is 8.42 Å². The van der Waals surface area contributed by atoms with Crippen LogP contribution in [0.25, 0.3) is 10.9 Å². The van der Waals surface area contributed by atoms with Crippen molar-refractivity contribution in [3.63, 3.8) is 0 Å². The van der Waals surface area contributed by atoms with Crippen molar-refractivity contribution < 1.29 is 8.42 Å². The minimum atomic E-state index is -3.65. The third kappa shape index (κ3) is 2.34. The lowest BCUT2D eigenvalue weighted by Crippen LogP contribution is -2.12. The number of hydrogen-bond acceptors (Lipinski definition) is 3. The average molecular weight is 365 g/mol. The molecule has 0 saturated heterocycles. The fourth-order valence-electron chi connectivity index (χ4n) is 2.27. The Morgan fingerprint density at radius 2 is 1.76 bits per heavy atom. The largest absolute Gasteiger partial charge is 0.397 e. The molecule has 0 aliphatic rings. The third-order valence-corrected chi connectivity index (χ3v) is 5.47. The molecule has 1 aromatic heterocycles. The van der Waals surface area contributed by atoms with Gasteiger partial charge in [0, 0.05) is 16.1 Å². The molecule has 108 valence electrons. The van der Waals surface area contributed by atoms with E-state index in [4.69, 9.17) is 5.73 Å². The molecule has 4 nitrogen and oxygen atoms in total. The van der Waals surface area contributed by atoms with Crippen LogP contribution in [0.15, 0.2) is 58.0 Å². The van der Waals surface area contributed by atoms with Gasteiger partial charge in [-0.25, -0.2) is 12.4 Å². The van der Waals surface area contributed by atoms with Crippen LogP contribution in [-0.4, -0.2) is 12.4 Å². The summed E-state index contributed by atoms with van der Waals surface area (Å²) in [5.74, 6) is 0. The van der Waals surface area contributed by atoms with Crippen molar-refractivity contribution in [1.82, 2.24) is 3.97 Å². The lowest BCUT2D eigenvalue weighted by molar-refractivity contribution is 0.589. The van der Waals surface area contributed by atoms with E-state index >= 15 is 0 Å². The monoisotopic (exact) mass is 364 g/mol. The van der Waals surface area contributed by atoms with E-state index in [1.165, 1.54) is 10.2 Å². The SMILES string of the molecule is Cc1ccc(S(=O)(=O)n2ccc3cc(Br)cc(N)c32)cc1. The smallest absolute Gasteiger partial charge is 0.268 e. The molecule has 0 bridgehead atoms. The number of nitrogen functional groups attached to an aromatic ring is 1. The first-order valence-corrected chi connectivity index (χ1v) is 8.51. The minimum absolute atomic E-state index is 0.243. The molecule has 6 heteroatoms. The Kier molecular flexibility index (Phi) is 3.30. The summed E-state index contributed by atoms with van der Waals surface area (Å²) < 4.78 is 27.6. The minimum Gasteiger partial charge on any atom is -0.397 e. The zero-order valence-corrected chi connectivity index (χ0v) is 13.6. The second-order valence-corrected chi connectivity index (χ2v) is 7.59. The summed E-state index contributed by atoms with van der Waals surface area (Å²) in [5, 5.41) is 0.776. The highest BCUT2D eigenvalue weighted by molar-refractivity contribution is 9.10. The highest BCUT2D eigenvalue weighted by Gasteiger charge is 2.20. The molecule has 2 aromatic carbocycles. The van der Waals surface area contributed by atoms with Crippen LogP contribution < -0.4 is 5.73 Å². The number of fused-ring (bicyclic) bond motifs is 1. The van der Waals surface area contributed by atoms with Gasteiger partial charge in [0.1, 0.15) is 0 Å². The maximum Gasteiger partial charge on any atom is 0.268 e. The molecule has 3 rings (SSSR count). The summed E-state index contributed by atoms with van der Waals surface area (Å²) in [6, 6.07) is 12.0. The molecule has 1 heterocycles. The van der Waals surface area contributed by atoms with Gasteiger partial charge in [-0.1, -0.05) is 33.6 Å². The molecule has 0 amide bonds. The molecule has 0 saturated carbocycles. The zero-order valence-electron chi connectivity index (χ0n) is 11.2. The fraction of sp³-hybridized carbons (Fsp3) is 0.0667. The molecule has 0 unspecified atom stereocenters. The Morgan fingerprint density at radius 1 is 1.10 bits per heavy atom. The number of halogens is 1. The van der Waals surface area contributed by atoms with Gasteiger partial charge in [-0.15, -0.1) is 0 Å². The van der Waals surface area contributed by atoms with Gasteiger partial charge in [-0.05, 0) is 37.3 Å². The van der Waals surface area contributed by atoms with Crippen molar-refractivity contribution in [2.24, 2.45) is 0 Å². The summed E-state index contributed by atoms with van der Waals surface area (Å²) in [6.45, 7) is 1.91. The van der Waals surface area contributed by atoms with Crippen LogP contribution in [-0.2, 0) is 10.0 Å². The van der Waals surface area contributed by atoms with Gasteiger partial charge in [0.2, 0.25) is 0 Å². The van der Waals surface area contributed by atoms with E-state index in [1.54, 1.807) is 36.4 Å². The van der Waals surface area contributed by atoms with Gasteiger partial charge in [-0.2, -0.15) is 0 Å². The highest BCUT2D eigenvalue weighted by Crippen LogP contribution is 2.30. The highest BCUT2D eigenvalue weighted by atomic mass is 79.9. The first-order valence-electron chi connectivity index (χ1n) is 6.28. The van der Waals surface area contributed by atoms with E-state index in [2.05, 4.69) is 15.9 Å². The van der Waals surface area contributed by atoms with Crippen molar-refractivity contribution in [1.29, 1.82) is 0 Å². The molecule has 0 fully saturated rings. The Bertz CT molecular complexity index is 928. The van der Waals surface area contributed by atoms with Gasteiger partial charge in [0.15, 0.2) is 0 Å². The molecule has 0 aliphatic carbocycles. The average Bonchev–Trinajstić information content (AvgIpc) is 2.83. The van der Waals surface area contributed by atoms with Crippen LogP contribution in [0.2, 0.25) is 0 Å². The van der Waals surface area contributed by atoms with Gasteiger partial charge in [0.05, 0.1) is 16.1 Å². The van der Waals surface area contributed by atoms with Crippen LogP contribution in [0.1, 0.15) is 5.56 Å². The van der Waals surface area contributed by atoms with E-state index in [0.717, 1.165) is 15.4 Å². The first-order chi connectivity index (χ1) is 9.89. The number of anilines is 1. The molecule has 2 N–H and O–H groups in total. The Labute approximate surface area is 131 Å². The van der Waals surface area contributed by atoms with Crippen molar-refractivity contribution in [2.75, 3.05) is 5.73 Å². The second kappa shape index (κ2) is 4.89. The number of rotatable bonds is 2. The lowest BCUT2D eigenvalue weighted by Gasteiger charge is -2.09. The normalized spacial score (nSPS) is 11.9. The first kappa shape index (κ1) is 14.2. The maximum absolute atomic E-state index is 12.8. The maximum atomic E-state index is 12.8. The van der Waals surface area contributed by atoms with E-state index < -0.39 is 10.0 Å². The predicted molar refractivity (Wildman–Crippen MR) is 87.8 cm³/mol. The number of benzene rings is 2. The van der Waals surface area contributed by atoms with E-state index in [1.807, 2.05) is 13.0 Å². The summed E-state index contributed by atoms with van der Waals surface area (Å²) in [6.07, 6.45) is 1.53. The van der Waals surface area contributed by atoms with Gasteiger partial charge >= 0.3 is 0 Å². The Hall–Kier alpha value is -1.79. The third-order valence-electron chi connectivity index (χ3n) is 3.32. The van der Waals surface area contributed by atoms with Crippen molar-refractivity contribution in [2.45, 2.75) is 11.8 Å². The molecule has 3 aromatic rings. The van der Waals surface area contributed by atoms with Crippen molar-refractivity contribution in [3.8, 4) is 0 Å². The van der Waals surface area contributed by atoms with E-state index in [0.29, 0.717) is 11.2 Å². The van der Waals surface area contributed by atoms with Gasteiger partial charge in [-0.3, -0.25) is 0 Å². The second-order valence-electron chi connectivity index (χ2n) is 4.86. The number of aromatic nitrogens is 1. The van der Waals surface area contributed by atoms with Gasteiger partial charge < -0.3 is 5.73 Å². The zero-order chi connectivity index (χ0) is 15.2. The van der Waals surface area contributed by atoms with Crippen LogP contribution in [0.3, 0.4) is 0 Å². The fourth-order valence-corrected chi connectivity index (χ4v) is 4.14. The lowest BCUT2D eigenvalue weighted by atomic mass is 10.2. The molecule has 0 atom stereocenters. The van der Waals surface area contributed by atoms with Crippen LogP contribution >= 0.6 is 15.9 Å². The number of hydrogen-bond donors (Lipinski definition) is 1.